The Morgan fingerprint density at radius 2 is 1.56 bits per heavy atom. The molecule has 5 rings (SSSR count). The molecule has 0 aliphatic carbocycles. The zero-order chi connectivity index (χ0) is 29.5. The van der Waals surface area contributed by atoms with Crippen molar-refractivity contribution in [3.63, 3.8) is 0 Å². The standard InChI is InChI=1S/C30H24Cl2N4O5/c1-34-29(41)36(24-13-22(31)12-23(32)14-24)28(40)30(34)17-35(16-25(30)21-8-6-20(15-33)7-9-21)26(37)10-18-2-4-19(5-3-18)11-27(38)39/h2-9,12-14,25H,10-11,16-17H2,1H3,(H,38,39)/t25-,30+/m0/s1. The topological polar surface area (TPSA) is 122 Å². The van der Waals surface area contributed by atoms with Gasteiger partial charge < -0.3 is 14.9 Å². The van der Waals surface area contributed by atoms with Crippen LogP contribution in [0.3, 0.4) is 0 Å². The predicted octanol–water partition coefficient (Wildman–Crippen LogP) is 4.50. The molecule has 9 nitrogen and oxygen atoms in total. The van der Waals surface area contributed by atoms with Crippen molar-refractivity contribution in [1.29, 1.82) is 5.26 Å². The summed E-state index contributed by atoms with van der Waals surface area (Å²) in [5.41, 5.74) is 1.27. The number of carbonyl (C=O) groups is 4. The van der Waals surface area contributed by atoms with Gasteiger partial charge >= 0.3 is 12.0 Å². The zero-order valence-corrected chi connectivity index (χ0v) is 23.4. The van der Waals surface area contributed by atoms with Crippen LogP contribution >= 0.6 is 23.2 Å². The fourth-order valence-electron chi connectivity index (χ4n) is 5.63. The number of carboxylic acid groups (broad SMARTS) is 1. The Balaban J connectivity index is 1.50. The van der Waals surface area contributed by atoms with Gasteiger partial charge in [-0.3, -0.25) is 14.4 Å². The predicted molar refractivity (Wildman–Crippen MR) is 152 cm³/mol. The maximum atomic E-state index is 14.3. The van der Waals surface area contributed by atoms with Gasteiger partial charge in [-0.15, -0.1) is 0 Å². The highest BCUT2D eigenvalue weighted by Gasteiger charge is 2.65. The second-order valence-corrected chi connectivity index (χ2v) is 11.0. The molecular formula is C30H24Cl2N4O5. The molecule has 2 fully saturated rings. The van der Waals surface area contributed by atoms with E-state index in [1.165, 1.54) is 30.1 Å². The first-order chi connectivity index (χ1) is 19.5. The number of aliphatic carboxylic acids is 1. The van der Waals surface area contributed by atoms with Crippen molar-refractivity contribution in [2.45, 2.75) is 24.3 Å². The summed E-state index contributed by atoms with van der Waals surface area (Å²) in [5.74, 6) is -2.28. The summed E-state index contributed by atoms with van der Waals surface area (Å²) >= 11 is 12.4. The van der Waals surface area contributed by atoms with Crippen LogP contribution in [-0.4, -0.2) is 64.4 Å². The smallest absolute Gasteiger partial charge is 0.332 e. The monoisotopic (exact) mass is 590 g/mol. The van der Waals surface area contributed by atoms with Gasteiger partial charge in [0, 0.05) is 29.6 Å². The molecule has 3 aromatic rings. The van der Waals surface area contributed by atoms with Crippen molar-refractivity contribution < 1.29 is 24.3 Å². The van der Waals surface area contributed by atoms with Crippen LogP contribution in [0.5, 0.6) is 0 Å². The van der Waals surface area contributed by atoms with Crippen LogP contribution in [-0.2, 0) is 27.2 Å². The molecule has 2 aliphatic heterocycles. The van der Waals surface area contributed by atoms with E-state index in [1.54, 1.807) is 53.4 Å². The Bertz CT molecular complexity index is 1580. The van der Waals surface area contributed by atoms with Crippen LogP contribution in [0.1, 0.15) is 28.2 Å². The zero-order valence-electron chi connectivity index (χ0n) is 21.9. The lowest BCUT2D eigenvalue weighted by Crippen LogP contribution is -2.54. The van der Waals surface area contributed by atoms with Gasteiger partial charge in [-0.2, -0.15) is 5.26 Å². The molecule has 2 saturated heterocycles. The lowest BCUT2D eigenvalue weighted by Gasteiger charge is -2.33. The molecule has 0 unspecified atom stereocenters. The van der Waals surface area contributed by atoms with Crippen molar-refractivity contribution in [3.05, 3.63) is 99.0 Å². The molecule has 0 radical (unpaired) electrons. The van der Waals surface area contributed by atoms with Gasteiger partial charge in [-0.05, 0) is 47.0 Å². The first kappa shape index (κ1) is 28.1. The Morgan fingerprint density at radius 1 is 0.976 bits per heavy atom. The number of carboxylic acids is 1. The average molecular weight is 591 g/mol. The van der Waals surface area contributed by atoms with E-state index in [1.807, 2.05) is 0 Å². The maximum Gasteiger partial charge on any atom is 0.332 e. The van der Waals surface area contributed by atoms with E-state index in [0.29, 0.717) is 22.3 Å². The van der Waals surface area contributed by atoms with Crippen molar-refractivity contribution in [2.75, 3.05) is 25.0 Å². The van der Waals surface area contributed by atoms with Gasteiger partial charge in [0.15, 0.2) is 0 Å². The molecule has 0 bridgehead atoms. The molecule has 1 N–H and O–H groups in total. The lowest BCUT2D eigenvalue weighted by atomic mass is 9.80. The number of anilines is 1. The molecule has 0 aromatic heterocycles. The second-order valence-electron chi connectivity index (χ2n) is 10.2. The minimum atomic E-state index is -1.42. The van der Waals surface area contributed by atoms with Crippen LogP contribution in [0.25, 0.3) is 0 Å². The number of imide groups is 1. The van der Waals surface area contributed by atoms with E-state index in [0.717, 1.165) is 4.90 Å². The van der Waals surface area contributed by atoms with Crippen molar-refractivity contribution in [3.8, 4) is 6.07 Å². The number of likely N-dealkylation sites (tertiary alicyclic amines) is 1. The third-order valence-electron chi connectivity index (χ3n) is 7.70. The molecule has 2 heterocycles. The number of urea groups is 1. The molecular weight excluding hydrogens is 567 g/mol. The van der Waals surface area contributed by atoms with Crippen molar-refractivity contribution >= 4 is 52.7 Å². The van der Waals surface area contributed by atoms with Crippen LogP contribution in [0.2, 0.25) is 10.0 Å². The first-order valence-electron chi connectivity index (χ1n) is 12.7. The van der Waals surface area contributed by atoms with Gasteiger partial charge in [0.25, 0.3) is 5.91 Å². The van der Waals surface area contributed by atoms with E-state index >= 15 is 0 Å². The fraction of sp³-hybridized carbons (Fsp3) is 0.233. The van der Waals surface area contributed by atoms with E-state index in [9.17, 15) is 24.4 Å². The lowest BCUT2D eigenvalue weighted by molar-refractivity contribution is -0.136. The molecule has 208 valence electrons. The third-order valence-corrected chi connectivity index (χ3v) is 8.13. The van der Waals surface area contributed by atoms with E-state index < -0.39 is 29.4 Å². The number of hydrogen-bond donors (Lipinski definition) is 1. The number of benzene rings is 3. The summed E-state index contributed by atoms with van der Waals surface area (Å²) in [5, 5.41) is 18.8. The Hall–Kier alpha value is -4.39. The van der Waals surface area contributed by atoms with Crippen LogP contribution in [0, 0.1) is 11.3 Å². The number of carbonyl (C=O) groups excluding carboxylic acids is 3. The van der Waals surface area contributed by atoms with E-state index in [2.05, 4.69) is 6.07 Å². The van der Waals surface area contributed by atoms with Crippen LogP contribution in [0.15, 0.2) is 66.7 Å². The van der Waals surface area contributed by atoms with Gasteiger partial charge in [-0.25, -0.2) is 9.69 Å². The number of likely N-dealkylation sites (N-methyl/N-ethyl adjacent to an activating group) is 1. The normalized spacial score (nSPS) is 20.1. The Kier molecular flexibility index (Phi) is 7.47. The number of nitriles is 1. The highest BCUT2D eigenvalue weighted by atomic mass is 35.5. The minimum absolute atomic E-state index is 0.0307. The van der Waals surface area contributed by atoms with Crippen molar-refractivity contribution in [1.82, 2.24) is 9.80 Å². The average Bonchev–Trinajstić information content (AvgIpc) is 3.42. The van der Waals surface area contributed by atoms with Gasteiger partial charge in [0.2, 0.25) is 5.91 Å². The van der Waals surface area contributed by atoms with Crippen LogP contribution < -0.4 is 4.90 Å². The Labute approximate surface area is 246 Å². The molecule has 11 heteroatoms. The second kappa shape index (κ2) is 10.9. The molecule has 3 aromatic carbocycles. The first-order valence-corrected chi connectivity index (χ1v) is 13.4. The van der Waals surface area contributed by atoms with E-state index in [4.69, 9.17) is 28.3 Å². The summed E-state index contributed by atoms with van der Waals surface area (Å²) in [7, 11) is 1.54. The summed E-state index contributed by atoms with van der Waals surface area (Å²) in [6.45, 7) is 0.120. The highest BCUT2D eigenvalue weighted by molar-refractivity contribution is 6.35. The quantitative estimate of drug-likeness (QED) is 0.422. The number of hydrogen-bond acceptors (Lipinski definition) is 5. The number of halogens is 2. The molecule has 4 amide bonds. The summed E-state index contributed by atoms with van der Waals surface area (Å²) in [6.07, 6.45) is -0.0883. The van der Waals surface area contributed by atoms with Gasteiger partial charge in [-0.1, -0.05) is 59.6 Å². The molecule has 2 aliphatic rings. The molecule has 2 atom stereocenters. The fourth-order valence-corrected chi connectivity index (χ4v) is 6.15. The maximum absolute atomic E-state index is 14.3. The summed E-state index contributed by atoms with van der Waals surface area (Å²) in [4.78, 5) is 56.4. The molecule has 1 spiro atoms. The Morgan fingerprint density at radius 3 is 2.12 bits per heavy atom. The number of amides is 4. The summed E-state index contributed by atoms with van der Waals surface area (Å²) < 4.78 is 0. The number of nitrogens with zero attached hydrogens (tertiary/aromatic N) is 4. The van der Waals surface area contributed by atoms with Crippen molar-refractivity contribution in [2.24, 2.45) is 0 Å². The number of rotatable bonds is 6. The SMILES string of the molecule is CN1C(=O)N(c2cc(Cl)cc(Cl)c2)C(=O)[C@]12CN(C(=O)Cc1ccc(CC(=O)O)cc1)C[C@H]2c1ccc(C#N)cc1. The molecule has 0 saturated carbocycles. The summed E-state index contributed by atoms with van der Waals surface area (Å²) in [6, 6.07) is 19.5. The highest BCUT2D eigenvalue weighted by Crippen LogP contribution is 2.46. The largest absolute Gasteiger partial charge is 0.481 e. The van der Waals surface area contributed by atoms with Crippen LogP contribution in [0.4, 0.5) is 10.5 Å². The third kappa shape index (κ3) is 5.12. The van der Waals surface area contributed by atoms with Gasteiger partial charge in [0.05, 0.1) is 36.7 Å². The van der Waals surface area contributed by atoms with E-state index in [-0.39, 0.29) is 47.6 Å². The minimum Gasteiger partial charge on any atom is -0.481 e. The molecule has 41 heavy (non-hydrogen) atoms. The van der Waals surface area contributed by atoms with Gasteiger partial charge in [0.1, 0.15) is 5.54 Å².